The van der Waals surface area contributed by atoms with Gasteiger partial charge in [-0.15, -0.1) is 0 Å². The Balaban J connectivity index is 2.10. The van der Waals surface area contributed by atoms with Crippen LogP contribution in [0.5, 0.6) is 11.5 Å². The molecule has 1 atom stereocenters. The predicted molar refractivity (Wildman–Crippen MR) is 99.5 cm³/mol. The molecule has 26 heavy (non-hydrogen) atoms. The Morgan fingerprint density at radius 3 is 2.35 bits per heavy atom. The van der Waals surface area contributed by atoms with Gasteiger partial charge >= 0.3 is 5.97 Å². The van der Waals surface area contributed by atoms with Crippen LogP contribution in [0.15, 0.2) is 36.4 Å². The maximum absolute atomic E-state index is 12.3. The molecule has 2 aromatic rings. The van der Waals surface area contributed by atoms with E-state index in [0.717, 1.165) is 0 Å². The van der Waals surface area contributed by atoms with Crippen LogP contribution >= 0.6 is 23.2 Å². The van der Waals surface area contributed by atoms with Crippen molar-refractivity contribution in [2.75, 3.05) is 19.5 Å². The van der Waals surface area contributed by atoms with E-state index in [0.29, 0.717) is 16.5 Å². The Bertz CT molecular complexity index is 825. The summed E-state index contributed by atoms with van der Waals surface area (Å²) in [6.45, 7) is 1.45. The van der Waals surface area contributed by atoms with Gasteiger partial charge in [0.1, 0.15) is 0 Å². The number of rotatable bonds is 6. The van der Waals surface area contributed by atoms with Crippen molar-refractivity contribution in [3.8, 4) is 11.5 Å². The quantitative estimate of drug-likeness (QED) is 0.739. The number of nitrogens with one attached hydrogen (secondary N) is 1. The van der Waals surface area contributed by atoms with E-state index < -0.39 is 18.0 Å². The van der Waals surface area contributed by atoms with Crippen molar-refractivity contribution >= 4 is 40.8 Å². The van der Waals surface area contributed by atoms with Crippen LogP contribution in [0.4, 0.5) is 5.69 Å². The topological polar surface area (TPSA) is 73.9 Å². The van der Waals surface area contributed by atoms with Gasteiger partial charge in [0.15, 0.2) is 17.6 Å². The normalized spacial score (nSPS) is 11.4. The molecule has 138 valence electrons. The molecule has 1 amide bonds. The van der Waals surface area contributed by atoms with Crippen LogP contribution in [-0.2, 0) is 9.53 Å². The molecule has 0 heterocycles. The molecule has 1 N–H and O–H groups in total. The molecule has 0 fully saturated rings. The molecule has 8 heteroatoms. The summed E-state index contributed by atoms with van der Waals surface area (Å²) >= 11 is 12.1. The van der Waals surface area contributed by atoms with Crippen molar-refractivity contribution in [1.29, 1.82) is 0 Å². The number of benzene rings is 2. The number of methoxy groups -OCH3 is 2. The summed E-state index contributed by atoms with van der Waals surface area (Å²) < 4.78 is 15.4. The van der Waals surface area contributed by atoms with Crippen molar-refractivity contribution in [3.63, 3.8) is 0 Å². The summed E-state index contributed by atoms with van der Waals surface area (Å²) in [5.74, 6) is -0.664. The van der Waals surface area contributed by atoms with Crippen molar-refractivity contribution in [2.45, 2.75) is 13.0 Å². The zero-order chi connectivity index (χ0) is 19.3. The van der Waals surface area contributed by atoms with Crippen LogP contribution < -0.4 is 14.8 Å². The van der Waals surface area contributed by atoms with Gasteiger partial charge in [0, 0.05) is 0 Å². The fourth-order valence-electron chi connectivity index (χ4n) is 2.11. The average molecular weight is 398 g/mol. The second-order valence-corrected chi connectivity index (χ2v) is 6.02. The van der Waals surface area contributed by atoms with Gasteiger partial charge in [0.05, 0.1) is 35.5 Å². The Labute approximate surface area is 160 Å². The Morgan fingerprint density at radius 1 is 1.04 bits per heavy atom. The maximum atomic E-state index is 12.3. The van der Waals surface area contributed by atoms with Gasteiger partial charge in [-0.2, -0.15) is 0 Å². The van der Waals surface area contributed by atoms with Gasteiger partial charge in [0.25, 0.3) is 5.91 Å². The lowest BCUT2D eigenvalue weighted by Crippen LogP contribution is -2.30. The number of esters is 1. The lowest BCUT2D eigenvalue weighted by molar-refractivity contribution is -0.123. The minimum atomic E-state index is -1.05. The minimum Gasteiger partial charge on any atom is -0.493 e. The van der Waals surface area contributed by atoms with Gasteiger partial charge < -0.3 is 19.5 Å². The Morgan fingerprint density at radius 2 is 1.73 bits per heavy atom. The summed E-state index contributed by atoms with van der Waals surface area (Å²) in [5, 5.41) is 3.17. The minimum absolute atomic E-state index is 0.130. The highest BCUT2D eigenvalue weighted by Gasteiger charge is 2.22. The zero-order valence-corrected chi connectivity index (χ0v) is 15.9. The number of carbonyl (C=O) groups is 2. The second kappa shape index (κ2) is 8.78. The highest BCUT2D eigenvalue weighted by Crippen LogP contribution is 2.36. The van der Waals surface area contributed by atoms with Crippen LogP contribution in [0, 0.1) is 0 Å². The van der Waals surface area contributed by atoms with Crippen LogP contribution in [0.25, 0.3) is 0 Å². The Kier molecular flexibility index (Phi) is 6.71. The number of amides is 1. The van der Waals surface area contributed by atoms with Gasteiger partial charge in [0.2, 0.25) is 0 Å². The van der Waals surface area contributed by atoms with E-state index in [1.807, 2.05) is 0 Å². The number of halogens is 2. The van der Waals surface area contributed by atoms with Crippen molar-refractivity contribution < 1.29 is 23.8 Å². The third-order valence-corrected chi connectivity index (χ3v) is 4.06. The highest BCUT2D eigenvalue weighted by molar-refractivity contribution is 6.33. The summed E-state index contributed by atoms with van der Waals surface area (Å²) in [4.78, 5) is 24.5. The monoisotopic (exact) mass is 397 g/mol. The van der Waals surface area contributed by atoms with Gasteiger partial charge in [-0.1, -0.05) is 35.3 Å². The lowest BCUT2D eigenvalue weighted by atomic mass is 10.2. The summed E-state index contributed by atoms with van der Waals surface area (Å²) in [5.41, 5.74) is 0.557. The summed E-state index contributed by atoms with van der Waals surface area (Å²) in [6, 6.07) is 9.55. The van der Waals surface area contributed by atoms with Gasteiger partial charge in [-0.05, 0) is 31.2 Å². The highest BCUT2D eigenvalue weighted by atomic mass is 35.5. The molecule has 0 aliphatic heterocycles. The van der Waals surface area contributed by atoms with Gasteiger partial charge in [-0.3, -0.25) is 4.79 Å². The molecule has 0 saturated carbocycles. The Hall–Kier alpha value is -2.44. The first-order valence-corrected chi connectivity index (χ1v) is 8.30. The first-order valence-electron chi connectivity index (χ1n) is 7.55. The number of carbonyl (C=O) groups excluding carboxylic acids is 2. The molecule has 0 bridgehead atoms. The van der Waals surface area contributed by atoms with Crippen LogP contribution in [-0.4, -0.2) is 32.2 Å². The molecular formula is C18H17Cl2NO5. The number of hydrogen-bond acceptors (Lipinski definition) is 5. The smallest absolute Gasteiger partial charge is 0.339 e. The molecule has 2 aromatic carbocycles. The third-order valence-electron chi connectivity index (χ3n) is 3.45. The average Bonchev–Trinajstić information content (AvgIpc) is 2.62. The largest absolute Gasteiger partial charge is 0.493 e. The van der Waals surface area contributed by atoms with E-state index >= 15 is 0 Å². The summed E-state index contributed by atoms with van der Waals surface area (Å²) in [6.07, 6.45) is -1.05. The molecule has 6 nitrogen and oxygen atoms in total. The molecular weight excluding hydrogens is 381 g/mol. The van der Waals surface area contributed by atoms with E-state index in [9.17, 15) is 9.59 Å². The van der Waals surface area contributed by atoms with Crippen LogP contribution in [0.3, 0.4) is 0 Å². The molecule has 2 rings (SSSR count). The lowest BCUT2D eigenvalue weighted by Gasteiger charge is -2.15. The van der Waals surface area contributed by atoms with Crippen LogP contribution in [0.2, 0.25) is 10.0 Å². The van der Waals surface area contributed by atoms with Gasteiger partial charge in [-0.25, -0.2) is 4.79 Å². The SMILES string of the molecule is COc1cc(C(=O)O[C@H](C)C(=O)Nc2ccccc2Cl)cc(Cl)c1OC. The van der Waals surface area contributed by atoms with E-state index in [2.05, 4.69) is 5.32 Å². The fourth-order valence-corrected chi connectivity index (χ4v) is 2.59. The van der Waals surface area contributed by atoms with E-state index in [4.69, 9.17) is 37.4 Å². The molecule has 0 aliphatic rings. The van der Waals surface area contributed by atoms with Crippen molar-refractivity contribution in [3.05, 3.63) is 52.0 Å². The fraction of sp³-hybridized carbons (Fsp3) is 0.222. The molecule has 0 saturated heterocycles. The van der Waals surface area contributed by atoms with E-state index in [-0.39, 0.29) is 16.3 Å². The van der Waals surface area contributed by atoms with E-state index in [1.54, 1.807) is 24.3 Å². The third kappa shape index (κ3) is 4.59. The van der Waals surface area contributed by atoms with Crippen LogP contribution in [0.1, 0.15) is 17.3 Å². The number of anilines is 1. The first kappa shape index (κ1) is 19.9. The predicted octanol–water partition coefficient (Wildman–Crippen LogP) is 4.19. The van der Waals surface area contributed by atoms with Crippen molar-refractivity contribution in [2.24, 2.45) is 0 Å². The number of para-hydroxylation sites is 1. The summed E-state index contributed by atoms with van der Waals surface area (Å²) in [7, 11) is 2.85. The first-order chi connectivity index (χ1) is 12.4. The second-order valence-electron chi connectivity index (χ2n) is 5.21. The molecule has 0 spiro atoms. The van der Waals surface area contributed by atoms with Crippen molar-refractivity contribution in [1.82, 2.24) is 0 Å². The number of hydrogen-bond donors (Lipinski definition) is 1. The zero-order valence-electron chi connectivity index (χ0n) is 14.3. The van der Waals surface area contributed by atoms with E-state index in [1.165, 1.54) is 33.3 Å². The number of ether oxygens (including phenoxy) is 3. The maximum Gasteiger partial charge on any atom is 0.339 e. The molecule has 0 aliphatic carbocycles. The standard InChI is InChI=1S/C18H17Cl2NO5/c1-10(17(22)21-14-7-5-4-6-12(14)19)26-18(23)11-8-13(20)16(25-3)15(9-11)24-2/h4-10H,1-3H3,(H,21,22)/t10-/m1/s1. The molecule has 0 radical (unpaired) electrons. The molecule has 0 aromatic heterocycles. The molecule has 0 unspecified atom stereocenters.